The van der Waals surface area contributed by atoms with Crippen LogP contribution >= 0.6 is 0 Å². The van der Waals surface area contributed by atoms with E-state index in [-0.39, 0.29) is 17.9 Å². The highest BCUT2D eigenvalue weighted by Crippen LogP contribution is 2.28. The van der Waals surface area contributed by atoms with Crippen molar-refractivity contribution >= 4 is 16.9 Å². The zero-order valence-electron chi connectivity index (χ0n) is 11.7. The Morgan fingerprint density at radius 3 is 2.70 bits per heavy atom. The van der Waals surface area contributed by atoms with Crippen LogP contribution in [0.25, 0.3) is 10.9 Å². The fraction of sp³-hybridized carbons (Fsp3) is 0.333. The van der Waals surface area contributed by atoms with E-state index in [2.05, 4.69) is 9.72 Å². The van der Waals surface area contributed by atoms with E-state index in [9.17, 15) is 9.18 Å². The molecular weight excluding hydrogens is 261 g/mol. The van der Waals surface area contributed by atoms with Gasteiger partial charge in [0.25, 0.3) is 0 Å². The van der Waals surface area contributed by atoms with Gasteiger partial charge < -0.3 is 9.47 Å². The fourth-order valence-corrected chi connectivity index (χ4v) is 2.09. The number of halogens is 1. The molecule has 0 radical (unpaired) electrons. The van der Waals surface area contributed by atoms with Gasteiger partial charge in [-0.25, -0.2) is 9.37 Å². The molecule has 0 unspecified atom stereocenters. The van der Waals surface area contributed by atoms with Gasteiger partial charge in [-0.2, -0.15) is 0 Å². The van der Waals surface area contributed by atoms with Crippen molar-refractivity contribution in [3.8, 4) is 5.75 Å². The molecule has 5 heteroatoms. The van der Waals surface area contributed by atoms with Gasteiger partial charge in [-0.15, -0.1) is 0 Å². The number of fused-ring (bicyclic) bond motifs is 1. The fourth-order valence-electron chi connectivity index (χ4n) is 2.09. The Balaban J connectivity index is 2.45. The van der Waals surface area contributed by atoms with Crippen molar-refractivity contribution in [2.75, 3.05) is 14.2 Å². The van der Waals surface area contributed by atoms with Crippen molar-refractivity contribution in [1.29, 1.82) is 0 Å². The SMILES string of the molecule is COC(=O)CCc1cc(F)c2nc(C)cc(OC)c2c1. The number of ether oxygens (including phenoxy) is 2. The molecule has 0 amide bonds. The molecule has 1 aromatic carbocycles. The molecule has 0 atom stereocenters. The third-order valence-corrected chi connectivity index (χ3v) is 3.08. The van der Waals surface area contributed by atoms with Gasteiger partial charge in [0.1, 0.15) is 17.1 Å². The average Bonchev–Trinajstić information content (AvgIpc) is 2.44. The highest BCUT2D eigenvalue weighted by molar-refractivity contribution is 5.86. The van der Waals surface area contributed by atoms with E-state index in [0.29, 0.717) is 28.8 Å². The number of aryl methyl sites for hydroxylation is 2. The van der Waals surface area contributed by atoms with Crippen LogP contribution < -0.4 is 4.74 Å². The zero-order valence-corrected chi connectivity index (χ0v) is 11.7. The van der Waals surface area contributed by atoms with Crippen molar-refractivity contribution in [1.82, 2.24) is 4.98 Å². The number of methoxy groups -OCH3 is 2. The molecule has 0 spiro atoms. The second kappa shape index (κ2) is 5.86. The van der Waals surface area contributed by atoms with Gasteiger partial charge in [0, 0.05) is 23.6 Å². The average molecular weight is 277 g/mol. The molecule has 4 nitrogen and oxygen atoms in total. The van der Waals surface area contributed by atoms with Gasteiger partial charge in [0.2, 0.25) is 0 Å². The molecule has 0 aliphatic rings. The first kappa shape index (κ1) is 14.2. The molecule has 0 saturated heterocycles. The van der Waals surface area contributed by atoms with E-state index in [1.807, 2.05) is 0 Å². The third-order valence-electron chi connectivity index (χ3n) is 3.08. The first-order valence-electron chi connectivity index (χ1n) is 6.25. The molecule has 2 aromatic rings. The Morgan fingerprint density at radius 1 is 1.30 bits per heavy atom. The molecule has 20 heavy (non-hydrogen) atoms. The summed E-state index contributed by atoms with van der Waals surface area (Å²) in [6.45, 7) is 1.78. The maximum Gasteiger partial charge on any atom is 0.305 e. The van der Waals surface area contributed by atoms with Crippen LogP contribution in [0.4, 0.5) is 4.39 Å². The Kier molecular flexibility index (Phi) is 4.17. The Hall–Kier alpha value is -2.17. The number of rotatable bonds is 4. The van der Waals surface area contributed by atoms with Gasteiger partial charge in [0.15, 0.2) is 0 Å². The van der Waals surface area contributed by atoms with Crippen molar-refractivity contribution in [3.05, 3.63) is 35.3 Å². The number of benzene rings is 1. The minimum Gasteiger partial charge on any atom is -0.496 e. The molecule has 0 bridgehead atoms. The van der Waals surface area contributed by atoms with Crippen molar-refractivity contribution in [2.45, 2.75) is 19.8 Å². The van der Waals surface area contributed by atoms with Crippen molar-refractivity contribution < 1.29 is 18.7 Å². The summed E-state index contributed by atoms with van der Waals surface area (Å²) in [5.74, 6) is -0.157. The number of hydrogen-bond acceptors (Lipinski definition) is 4. The van der Waals surface area contributed by atoms with Gasteiger partial charge in [-0.05, 0) is 31.0 Å². The highest BCUT2D eigenvalue weighted by atomic mass is 19.1. The summed E-state index contributed by atoms with van der Waals surface area (Å²) in [5, 5.41) is 0.609. The van der Waals surface area contributed by atoms with Crippen LogP contribution in [-0.4, -0.2) is 25.2 Å². The van der Waals surface area contributed by atoms with E-state index in [4.69, 9.17) is 4.74 Å². The lowest BCUT2D eigenvalue weighted by Gasteiger charge is -2.09. The topological polar surface area (TPSA) is 48.4 Å². The second-order valence-electron chi connectivity index (χ2n) is 4.52. The minimum atomic E-state index is -0.413. The maximum atomic E-state index is 14.1. The Labute approximate surface area is 116 Å². The number of hydrogen-bond donors (Lipinski definition) is 0. The summed E-state index contributed by atoms with van der Waals surface area (Å²) in [6.07, 6.45) is 0.625. The van der Waals surface area contributed by atoms with E-state index in [1.54, 1.807) is 19.1 Å². The van der Waals surface area contributed by atoms with Crippen molar-refractivity contribution in [2.24, 2.45) is 0 Å². The molecule has 2 rings (SSSR count). The maximum absolute atomic E-state index is 14.1. The summed E-state index contributed by atoms with van der Waals surface area (Å²) >= 11 is 0. The van der Waals surface area contributed by atoms with Crippen LogP contribution in [0.2, 0.25) is 0 Å². The number of pyridine rings is 1. The molecule has 0 aliphatic carbocycles. The first-order valence-corrected chi connectivity index (χ1v) is 6.25. The lowest BCUT2D eigenvalue weighted by atomic mass is 10.0. The van der Waals surface area contributed by atoms with E-state index in [1.165, 1.54) is 20.3 Å². The summed E-state index contributed by atoms with van der Waals surface area (Å²) < 4.78 is 24.0. The summed E-state index contributed by atoms with van der Waals surface area (Å²) in [5.41, 5.74) is 1.68. The highest BCUT2D eigenvalue weighted by Gasteiger charge is 2.12. The van der Waals surface area contributed by atoms with Crippen LogP contribution in [0.5, 0.6) is 5.75 Å². The largest absolute Gasteiger partial charge is 0.496 e. The standard InChI is InChI=1S/C15H16FNO3/c1-9-6-13(19-2)11-7-10(4-5-14(18)20-3)8-12(16)15(11)17-9/h6-8H,4-5H2,1-3H3. The normalized spacial score (nSPS) is 10.6. The van der Waals surface area contributed by atoms with Crippen LogP contribution in [0.1, 0.15) is 17.7 Å². The Bertz CT molecular complexity index is 655. The molecule has 1 heterocycles. The van der Waals surface area contributed by atoms with Crippen LogP contribution in [-0.2, 0) is 16.0 Å². The summed E-state index contributed by atoms with van der Waals surface area (Å²) in [4.78, 5) is 15.3. The van der Waals surface area contributed by atoms with E-state index < -0.39 is 5.82 Å². The van der Waals surface area contributed by atoms with Crippen LogP contribution in [0, 0.1) is 12.7 Å². The first-order chi connectivity index (χ1) is 9.55. The second-order valence-corrected chi connectivity index (χ2v) is 4.52. The van der Waals surface area contributed by atoms with Crippen LogP contribution in [0.15, 0.2) is 18.2 Å². The zero-order chi connectivity index (χ0) is 14.7. The van der Waals surface area contributed by atoms with Gasteiger partial charge in [-0.3, -0.25) is 4.79 Å². The van der Waals surface area contributed by atoms with E-state index in [0.717, 1.165) is 0 Å². The monoisotopic (exact) mass is 277 g/mol. The predicted molar refractivity (Wildman–Crippen MR) is 73.3 cm³/mol. The molecule has 0 N–H and O–H groups in total. The molecule has 1 aromatic heterocycles. The molecular formula is C15H16FNO3. The number of nitrogens with zero attached hydrogens (tertiary/aromatic N) is 1. The van der Waals surface area contributed by atoms with Gasteiger partial charge in [0.05, 0.1) is 14.2 Å². The number of carbonyl (C=O) groups excluding carboxylic acids is 1. The molecule has 0 saturated carbocycles. The predicted octanol–water partition coefficient (Wildman–Crippen LogP) is 2.80. The third kappa shape index (κ3) is 2.87. The summed E-state index contributed by atoms with van der Waals surface area (Å²) in [7, 11) is 2.87. The van der Waals surface area contributed by atoms with Crippen molar-refractivity contribution in [3.63, 3.8) is 0 Å². The summed E-state index contributed by atoms with van der Waals surface area (Å²) in [6, 6.07) is 4.95. The smallest absolute Gasteiger partial charge is 0.305 e. The molecule has 0 fully saturated rings. The number of aromatic nitrogens is 1. The quantitative estimate of drug-likeness (QED) is 0.806. The van der Waals surface area contributed by atoms with Gasteiger partial charge in [-0.1, -0.05) is 0 Å². The molecule has 106 valence electrons. The van der Waals surface area contributed by atoms with E-state index >= 15 is 0 Å². The lowest BCUT2D eigenvalue weighted by Crippen LogP contribution is -2.02. The lowest BCUT2D eigenvalue weighted by molar-refractivity contribution is -0.140. The number of esters is 1. The Morgan fingerprint density at radius 2 is 2.05 bits per heavy atom. The minimum absolute atomic E-state index is 0.211. The number of carbonyl (C=O) groups is 1. The van der Waals surface area contributed by atoms with Gasteiger partial charge >= 0.3 is 5.97 Å². The van der Waals surface area contributed by atoms with Crippen LogP contribution in [0.3, 0.4) is 0 Å². The molecule has 0 aliphatic heterocycles.